The minimum Gasteiger partial charge on any atom is -0.493 e. The Morgan fingerprint density at radius 2 is 1.92 bits per heavy atom. The average molecular weight is 352 g/mol. The van der Waals surface area contributed by atoms with Crippen LogP contribution in [0.2, 0.25) is 0 Å². The fraction of sp³-hybridized carbons (Fsp3) is 0.350. The summed E-state index contributed by atoms with van der Waals surface area (Å²) in [5.41, 5.74) is 3.30. The van der Waals surface area contributed by atoms with Gasteiger partial charge < -0.3 is 24.4 Å². The van der Waals surface area contributed by atoms with E-state index in [1.807, 2.05) is 17.0 Å². The molecule has 3 heterocycles. The van der Waals surface area contributed by atoms with Crippen LogP contribution in [0, 0.1) is 0 Å². The molecule has 134 valence electrons. The van der Waals surface area contributed by atoms with Crippen molar-refractivity contribution in [3.63, 3.8) is 0 Å². The highest BCUT2D eigenvalue weighted by molar-refractivity contribution is 5.90. The molecule has 1 saturated heterocycles. The molecule has 0 spiro atoms. The number of benzene rings is 2. The second-order valence-electron chi connectivity index (χ2n) is 6.90. The summed E-state index contributed by atoms with van der Waals surface area (Å²) in [4.78, 5) is 14.5. The summed E-state index contributed by atoms with van der Waals surface area (Å²) in [5, 5.41) is 2.96. The Balaban J connectivity index is 1.25. The number of nitrogens with zero attached hydrogens (tertiary/aromatic N) is 1. The molecule has 2 aromatic rings. The van der Waals surface area contributed by atoms with E-state index in [2.05, 4.69) is 23.5 Å². The van der Waals surface area contributed by atoms with Gasteiger partial charge in [0.15, 0.2) is 11.5 Å². The van der Waals surface area contributed by atoms with E-state index in [9.17, 15) is 4.79 Å². The molecular weight excluding hydrogens is 332 g/mol. The van der Waals surface area contributed by atoms with Crippen molar-refractivity contribution in [3.05, 3.63) is 47.5 Å². The van der Waals surface area contributed by atoms with Crippen LogP contribution in [0.5, 0.6) is 17.2 Å². The predicted molar refractivity (Wildman–Crippen MR) is 96.2 cm³/mol. The Labute approximate surface area is 151 Å². The van der Waals surface area contributed by atoms with E-state index in [-0.39, 0.29) is 12.8 Å². The third-order valence-corrected chi connectivity index (χ3v) is 5.28. The SMILES string of the molecule is O=C(Nc1ccc2c(c1)OCO2)N1CC[C@H](c2ccc3c(c2)CCO3)C1. The Kier molecular flexibility index (Phi) is 3.62. The maximum atomic E-state index is 12.6. The summed E-state index contributed by atoms with van der Waals surface area (Å²) in [6.45, 7) is 2.49. The standard InChI is InChI=1S/C20H20N2O4/c23-20(21-16-2-4-18-19(10-16)26-12-25-18)22-7-5-15(11-22)13-1-3-17-14(9-13)6-8-24-17/h1-4,9-10,15H,5-8,11-12H2,(H,21,23)/t15-/m0/s1. The van der Waals surface area contributed by atoms with Gasteiger partial charge in [0.1, 0.15) is 5.75 Å². The van der Waals surface area contributed by atoms with Crippen LogP contribution in [-0.4, -0.2) is 37.4 Å². The van der Waals surface area contributed by atoms with Crippen LogP contribution in [0.15, 0.2) is 36.4 Å². The lowest BCUT2D eigenvalue weighted by atomic mass is 9.96. The van der Waals surface area contributed by atoms with Crippen molar-refractivity contribution >= 4 is 11.7 Å². The van der Waals surface area contributed by atoms with Gasteiger partial charge in [-0.15, -0.1) is 0 Å². The van der Waals surface area contributed by atoms with Gasteiger partial charge in [-0.2, -0.15) is 0 Å². The first-order valence-electron chi connectivity index (χ1n) is 8.97. The van der Waals surface area contributed by atoms with Gasteiger partial charge in [-0.1, -0.05) is 12.1 Å². The van der Waals surface area contributed by atoms with Gasteiger partial charge in [0.25, 0.3) is 0 Å². The summed E-state index contributed by atoms with van der Waals surface area (Å²) in [5.74, 6) is 2.76. The summed E-state index contributed by atoms with van der Waals surface area (Å²) in [6.07, 6.45) is 1.96. The van der Waals surface area contributed by atoms with Gasteiger partial charge in [-0.3, -0.25) is 0 Å². The summed E-state index contributed by atoms with van der Waals surface area (Å²) < 4.78 is 16.2. The maximum Gasteiger partial charge on any atom is 0.321 e. The van der Waals surface area contributed by atoms with Crippen LogP contribution in [0.4, 0.5) is 10.5 Å². The normalized spacial score (nSPS) is 20.0. The molecule has 0 radical (unpaired) electrons. The number of likely N-dealkylation sites (tertiary alicyclic amines) is 1. The zero-order valence-electron chi connectivity index (χ0n) is 14.4. The molecule has 3 aliphatic heterocycles. The fourth-order valence-electron chi connectivity index (χ4n) is 3.85. The highest BCUT2D eigenvalue weighted by Crippen LogP contribution is 2.35. The molecule has 3 aliphatic rings. The minimum atomic E-state index is -0.0733. The van der Waals surface area contributed by atoms with Gasteiger partial charge >= 0.3 is 6.03 Å². The van der Waals surface area contributed by atoms with E-state index in [0.717, 1.165) is 44.0 Å². The molecule has 2 aromatic carbocycles. The second-order valence-corrected chi connectivity index (χ2v) is 6.90. The zero-order chi connectivity index (χ0) is 17.5. The molecule has 5 rings (SSSR count). The van der Waals surface area contributed by atoms with Gasteiger partial charge in [-0.25, -0.2) is 4.79 Å². The maximum absolute atomic E-state index is 12.6. The average Bonchev–Trinajstić information content (AvgIpc) is 3.39. The Hall–Kier alpha value is -2.89. The van der Waals surface area contributed by atoms with E-state index in [1.165, 1.54) is 11.1 Å². The van der Waals surface area contributed by atoms with Crippen LogP contribution in [0.1, 0.15) is 23.5 Å². The highest BCUT2D eigenvalue weighted by atomic mass is 16.7. The van der Waals surface area contributed by atoms with E-state index >= 15 is 0 Å². The lowest BCUT2D eigenvalue weighted by Gasteiger charge is -2.18. The lowest BCUT2D eigenvalue weighted by molar-refractivity contribution is 0.174. The van der Waals surface area contributed by atoms with E-state index in [1.54, 1.807) is 6.07 Å². The van der Waals surface area contributed by atoms with Crippen LogP contribution < -0.4 is 19.5 Å². The van der Waals surface area contributed by atoms with Gasteiger partial charge in [0, 0.05) is 37.2 Å². The van der Waals surface area contributed by atoms with Crippen molar-refractivity contribution in [1.82, 2.24) is 4.90 Å². The quantitative estimate of drug-likeness (QED) is 0.900. The zero-order valence-corrected chi connectivity index (χ0v) is 14.4. The molecule has 1 atom stereocenters. The largest absolute Gasteiger partial charge is 0.493 e. The minimum absolute atomic E-state index is 0.0733. The first kappa shape index (κ1) is 15.4. The molecule has 0 bridgehead atoms. The number of rotatable bonds is 2. The molecule has 1 fully saturated rings. The molecule has 0 aromatic heterocycles. The molecule has 26 heavy (non-hydrogen) atoms. The van der Waals surface area contributed by atoms with Crippen molar-refractivity contribution in [2.45, 2.75) is 18.8 Å². The number of urea groups is 1. The topological polar surface area (TPSA) is 60.0 Å². The van der Waals surface area contributed by atoms with Gasteiger partial charge in [0.2, 0.25) is 6.79 Å². The van der Waals surface area contributed by atoms with E-state index < -0.39 is 0 Å². The first-order valence-corrected chi connectivity index (χ1v) is 8.97. The van der Waals surface area contributed by atoms with Gasteiger partial charge in [-0.05, 0) is 35.7 Å². The molecule has 0 aliphatic carbocycles. The molecule has 0 unspecified atom stereocenters. The van der Waals surface area contributed by atoms with E-state index in [0.29, 0.717) is 17.4 Å². The van der Waals surface area contributed by atoms with Gasteiger partial charge in [0.05, 0.1) is 6.61 Å². The van der Waals surface area contributed by atoms with Crippen molar-refractivity contribution in [3.8, 4) is 17.2 Å². The molecule has 6 heteroatoms. The van der Waals surface area contributed by atoms with Crippen molar-refractivity contribution in [2.24, 2.45) is 0 Å². The predicted octanol–water partition coefficient (Wildman–Crippen LogP) is 3.37. The smallest absolute Gasteiger partial charge is 0.321 e. The number of ether oxygens (including phenoxy) is 3. The molecule has 6 nitrogen and oxygen atoms in total. The number of fused-ring (bicyclic) bond motifs is 2. The van der Waals surface area contributed by atoms with Crippen LogP contribution >= 0.6 is 0 Å². The number of hydrogen-bond acceptors (Lipinski definition) is 4. The van der Waals surface area contributed by atoms with Crippen molar-refractivity contribution in [2.75, 3.05) is 31.8 Å². The van der Waals surface area contributed by atoms with Crippen LogP contribution in [0.3, 0.4) is 0 Å². The monoisotopic (exact) mass is 352 g/mol. The van der Waals surface area contributed by atoms with Crippen LogP contribution in [0.25, 0.3) is 0 Å². The van der Waals surface area contributed by atoms with E-state index in [4.69, 9.17) is 14.2 Å². The first-order chi connectivity index (χ1) is 12.8. The fourth-order valence-corrected chi connectivity index (χ4v) is 3.85. The molecule has 2 amide bonds. The Morgan fingerprint density at radius 3 is 2.88 bits per heavy atom. The Morgan fingerprint density at radius 1 is 1.04 bits per heavy atom. The highest BCUT2D eigenvalue weighted by Gasteiger charge is 2.28. The number of amides is 2. The van der Waals surface area contributed by atoms with Crippen molar-refractivity contribution in [1.29, 1.82) is 0 Å². The summed E-state index contributed by atoms with van der Waals surface area (Å²) in [6, 6.07) is 11.8. The number of carbonyl (C=O) groups excluding carboxylic acids is 1. The van der Waals surface area contributed by atoms with Crippen LogP contribution in [-0.2, 0) is 6.42 Å². The molecule has 0 saturated carbocycles. The summed E-state index contributed by atoms with van der Waals surface area (Å²) >= 11 is 0. The third-order valence-electron chi connectivity index (χ3n) is 5.28. The van der Waals surface area contributed by atoms with Crippen molar-refractivity contribution < 1.29 is 19.0 Å². The number of hydrogen-bond donors (Lipinski definition) is 1. The Bertz CT molecular complexity index is 867. The number of nitrogens with one attached hydrogen (secondary N) is 1. The second kappa shape index (κ2) is 6.12. The lowest BCUT2D eigenvalue weighted by Crippen LogP contribution is -2.32. The molecular formula is C20H20N2O4. The third kappa shape index (κ3) is 2.71. The number of anilines is 1. The summed E-state index contributed by atoms with van der Waals surface area (Å²) in [7, 11) is 0. The number of carbonyl (C=O) groups is 1. The molecule has 1 N–H and O–H groups in total.